The molecule has 1 aliphatic heterocycles. The summed E-state index contributed by atoms with van der Waals surface area (Å²) in [5.41, 5.74) is 2.18. The summed E-state index contributed by atoms with van der Waals surface area (Å²) in [6, 6.07) is 8.07. The van der Waals surface area contributed by atoms with Crippen LogP contribution in [-0.2, 0) is 4.79 Å². The first-order valence-corrected chi connectivity index (χ1v) is 7.07. The Bertz CT molecular complexity index is 402. The molecule has 1 atom stereocenters. The zero-order valence-corrected chi connectivity index (χ0v) is 11.1. The minimum atomic E-state index is -0.0273. The number of carbonyl (C=O) groups excluding carboxylic acids is 1. The molecule has 3 nitrogen and oxygen atoms in total. The molecule has 0 spiro atoms. The van der Waals surface area contributed by atoms with Crippen molar-refractivity contribution in [2.75, 3.05) is 23.1 Å². The molecule has 1 aromatic carbocycles. The number of hydrogen-bond acceptors (Lipinski definition) is 3. The number of carbonyl (C=O) groups is 1. The number of hydrogen-bond donors (Lipinski definition) is 1. The van der Waals surface area contributed by atoms with Gasteiger partial charge >= 0.3 is 0 Å². The van der Waals surface area contributed by atoms with E-state index in [0.29, 0.717) is 6.54 Å². The highest BCUT2D eigenvalue weighted by Gasteiger charge is 2.27. The van der Waals surface area contributed by atoms with Gasteiger partial charge in [-0.1, -0.05) is 12.1 Å². The van der Waals surface area contributed by atoms with Gasteiger partial charge in [0.15, 0.2) is 0 Å². The van der Waals surface area contributed by atoms with Crippen LogP contribution in [0.1, 0.15) is 12.5 Å². The van der Waals surface area contributed by atoms with E-state index in [4.69, 9.17) is 0 Å². The summed E-state index contributed by atoms with van der Waals surface area (Å²) in [4.78, 5) is 14.2. The summed E-state index contributed by atoms with van der Waals surface area (Å²) in [5, 5.41) is 3.23. The lowest BCUT2D eigenvalue weighted by Gasteiger charge is -2.24. The molecule has 1 saturated heterocycles. The van der Waals surface area contributed by atoms with E-state index in [1.807, 2.05) is 36.9 Å². The zero-order valence-electron chi connectivity index (χ0n) is 10.3. The molecule has 0 aliphatic carbocycles. The number of amides is 1. The minimum Gasteiger partial charge on any atom is -0.311 e. The van der Waals surface area contributed by atoms with Crippen molar-refractivity contribution < 1.29 is 4.79 Å². The summed E-state index contributed by atoms with van der Waals surface area (Å²) in [7, 11) is 0. The number of aryl methyl sites for hydroxylation is 1. The number of likely N-dealkylation sites (N-methyl/N-ethyl adjacent to an activating group) is 1. The van der Waals surface area contributed by atoms with Gasteiger partial charge < -0.3 is 4.90 Å². The van der Waals surface area contributed by atoms with Crippen LogP contribution < -0.4 is 10.2 Å². The second-order valence-corrected chi connectivity index (χ2v) is 5.22. The van der Waals surface area contributed by atoms with E-state index in [1.54, 1.807) is 11.8 Å². The number of nitrogens with zero attached hydrogens (tertiary/aromatic N) is 1. The molecule has 1 fully saturated rings. The molecule has 1 unspecified atom stereocenters. The Hall–Kier alpha value is -1.00. The molecule has 0 saturated carbocycles. The monoisotopic (exact) mass is 250 g/mol. The fourth-order valence-corrected chi connectivity index (χ4v) is 2.94. The second-order valence-electron chi connectivity index (χ2n) is 4.19. The highest BCUT2D eigenvalue weighted by Crippen LogP contribution is 2.19. The Morgan fingerprint density at radius 2 is 2.41 bits per heavy atom. The normalized spacial score (nSPS) is 19.3. The van der Waals surface area contributed by atoms with Gasteiger partial charge in [-0.05, 0) is 31.5 Å². The van der Waals surface area contributed by atoms with Gasteiger partial charge in [0.1, 0.15) is 0 Å². The fraction of sp³-hybridized carbons (Fsp3) is 0.462. The van der Waals surface area contributed by atoms with Gasteiger partial charge in [-0.2, -0.15) is 0 Å². The average molecular weight is 250 g/mol. The third-order valence-corrected chi connectivity index (χ3v) is 3.85. The lowest BCUT2D eigenvalue weighted by molar-refractivity contribution is -0.119. The maximum atomic E-state index is 12.3. The van der Waals surface area contributed by atoms with Gasteiger partial charge in [0.25, 0.3) is 0 Å². The first kappa shape index (κ1) is 12.5. The Morgan fingerprint density at radius 3 is 3.00 bits per heavy atom. The van der Waals surface area contributed by atoms with Crippen molar-refractivity contribution in [1.82, 2.24) is 5.32 Å². The van der Waals surface area contributed by atoms with Gasteiger partial charge in [0, 0.05) is 23.9 Å². The Morgan fingerprint density at radius 1 is 1.59 bits per heavy atom. The van der Waals surface area contributed by atoms with Crippen LogP contribution >= 0.6 is 11.8 Å². The number of anilines is 1. The van der Waals surface area contributed by atoms with E-state index >= 15 is 0 Å². The van der Waals surface area contributed by atoms with Crippen LogP contribution in [0.5, 0.6) is 0 Å². The van der Waals surface area contributed by atoms with Crippen molar-refractivity contribution in [1.29, 1.82) is 0 Å². The molecule has 1 aliphatic rings. The lowest BCUT2D eigenvalue weighted by Crippen LogP contribution is -2.45. The van der Waals surface area contributed by atoms with Gasteiger partial charge in [-0.3, -0.25) is 10.1 Å². The Balaban J connectivity index is 2.17. The van der Waals surface area contributed by atoms with Crippen LogP contribution in [0, 0.1) is 6.92 Å². The molecular formula is C13H18N2OS. The molecule has 4 heteroatoms. The summed E-state index contributed by atoms with van der Waals surface area (Å²) in [6.07, 6.45) is 0. The molecule has 17 heavy (non-hydrogen) atoms. The Labute approximate surface area is 107 Å². The van der Waals surface area contributed by atoms with Gasteiger partial charge in [0.05, 0.1) is 6.04 Å². The first-order valence-electron chi connectivity index (χ1n) is 5.91. The maximum Gasteiger partial charge on any atom is 0.244 e. The number of benzene rings is 1. The number of nitrogens with one attached hydrogen (secondary N) is 1. The van der Waals surface area contributed by atoms with Crippen LogP contribution in [0.2, 0.25) is 0 Å². The van der Waals surface area contributed by atoms with E-state index in [2.05, 4.69) is 11.4 Å². The SMILES string of the molecule is CCN(C(=O)C1CSCN1)c1cccc(C)c1. The van der Waals surface area contributed by atoms with Crippen LogP contribution in [0.3, 0.4) is 0 Å². The third-order valence-electron chi connectivity index (χ3n) is 2.91. The highest BCUT2D eigenvalue weighted by atomic mass is 32.2. The summed E-state index contributed by atoms with van der Waals surface area (Å²) in [6.45, 7) is 4.78. The molecule has 0 bridgehead atoms. The van der Waals surface area contributed by atoms with Crippen molar-refractivity contribution >= 4 is 23.4 Å². The van der Waals surface area contributed by atoms with Crippen LogP contribution in [0.4, 0.5) is 5.69 Å². The van der Waals surface area contributed by atoms with Gasteiger partial charge in [-0.25, -0.2) is 0 Å². The fourth-order valence-electron chi connectivity index (χ4n) is 2.00. The van der Waals surface area contributed by atoms with Crippen molar-refractivity contribution in [3.8, 4) is 0 Å². The third kappa shape index (κ3) is 2.82. The van der Waals surface area contributed by atoms with Crippen molar-refractivity contribution in [3.05, 3.63) is 29.8 Å². The average Bonchev–Trinajstić information content (AvgIpc) is 2.83. The molecule has 1 N–H and O–H groups in total. The standard InChI is InChI=1S/C13H18N2OS/c1-3-15(11-6-4-5-10(2)7-11)13(16)12-8-17-9-14-12/h4-7,12,14H,3,8-9H2,1-2H3. The molecule has 1 aromatic rings. The summed E-state index contributed by atoms with van der Waals surface area (Å²) < 4.78 is 0. The summed E-state index contributed by atoms with van der Waals surface area (Å²) >= 11 is 1.78. The molecule has 0 aromatic heterocycles. The maximum absolute atomic E-state index is 12.3. The molecule has 92 valence electrons. The molecule has 1 heterocycles. The predicted molar refractivity (Wildman–Crippen MR) is 73.5 cm³/mol. The minimum absolute atomic E-state index is 0.0273. The molecule has 0 radical (unpaired) electrons. The lowest BCUT2D eigenvalue weighted by atomic mass is 10.2. The van der Waals surface area contributed by atoms with Crippen molar-refractivity contribution in [2.45, 2.75) is 19.9 Å². The van der Waals surface area contributed by atoms with E-state index < -0.39 is 0 Å². The Kier molecular flexibility index (Phi) is 4.07. The highest BCUT2D eigenvalue weighted by molar-refractivity contribution is 7.99. The first-order chi connectivity index (χ1) is 8.22. The largest absolute Gasteiger partial charge is 0.311 e. The molecular weight excluding hydrogens is 232 g/mol. The van der Waals surface area contributed by atoms with Crippen LogP contribution in [-0.4, -0.2) is 30.1 Å². The van der Waals surface area contributed by atoms with E-state index in [1.165, 1.54) is 5.56 Å². The van der Waals surface area contributed by atoms with E-state index in [0.717, 1.165) is 17.3 Å². The molecule has 1 amide bonds. The number of thioether (sulfide) groups is 1. The van der Waals surface area contributed by atoms with E-state index in [-0.39, 0.29) is 11.9 Å². The van der Waals surface area contributed by atoms with Crippen molar-refractivity contribution in [3.63, 3.8) is 0 Å². The van der Waals surface area contributed by atoms with Gasteiger partial charge in [0.2, 0.25) is 5.91 Å². The quantitative estimate of drug-likeness (QED) is 0.890. The van der Waals surface area contributed by atoms with E-state index in [9.17, 15) is 4.79 Å². The smallest absolute Gasteiger partial charge is 0.244 e. The zero-order chi connectivity index (χ0) is 12.3. The summed E-state index contributed by atoms with van der Waals surface area (Å²) in [5.74, 6) is 1.94. The second kappa shape index (κ2) is 5.56. The van der Waals surface area contributed by atoms with Crippen molar-refractivity contribution in [2.24, 2.45) is 0 Å². The number of rotatable bonds is 3. The topological polar surface area (TPSA) is 32.3 Å². The molecule has 2 rings (SSSR count). The predicted octanol–water partition coefficient (Wildman–Crippen LogP) is 2.01. The van der Waals surface area contributed by atoms with Gasteiger partial charge in [-0.15, -0.1) is 11.8 Å². The van der Waals surface area contributed by atoms with Crippen LogP contribution in [0.25, 0.3) is 0 Å². The van der Waals surface area contributed by atoms with Crippen LogP contribution in [0.15, 0.2) is 24.3 Å².